The number of aliphatic carboxylic acids is 1. The Hall–Kier alpha value is -1.10. The number of carboxylic acid groups (broad SMARTS) is 1. The summed E-state index contributed by atoms with van der Waals surface area (Å²) in [5.74, 6) is -1.69. The van der Waals surface area contributed by atoms with Gasteiger partial charge in [-0.1, -0.05) is 59.8 Å². The molecule has 164 valence electrons. The largest absolute Gasteiger partial charge is 0.481 e. The molecule has 1 rings (SSSR count). The molecule has 28 heavy (non-hydrogen) atoms. The van der Waals surface area contributed by atoms with Crippen molar-refractivity contribution >= 4 is 11.9 Å². The number of ether oxygens (including phenoxy) is 1. The van der Waals surface area contributed by atoms with Crippen LogP contribution in [0.25, 0.3) is 0 Å². The maximum atomic E-state index is 12.6. The van der Waals surface area contributed by atoms with Gasteiger partial charge in [0.25, 0.3) is 0 Å². The van der Waals surface area contributed by atoms with Crippen LogP contribution >= 0.6 is 0 Å². The van der Waals surface area contributed by atoms with E-state index < -0.39 is 11.9 Å². The predicted molar refractivity (Wildman–Crippen MR) is 113 cm³/mol. The number of esters is 1. The molecular formula is C23H43NO4. The van der Waals surface area contributed by atoms with Gasteiger partial charge in [-0.3, -0.25) is 9.59 Å². The number of rotatable bonds is 12. The second kappa shape index (κ2) is 11.2. The monoisotopic (exact) mass is 397 g/mol. The molecule has 1 saturated heterocycles. The predicted octanol–water partition coefficient (Wildman–Crippen LogP) is 5.32. The van der Waals surface area contributed by atoms with E-state index in [1.807, 2.05) is 0 Å². The molecule has 0 aromatic heterocycles. The molecule has 0 bridgehead atoms. The Kier molecular flexibility index (Phi) is 9.96. The van der Waals surface area contributed by atoms with Gasteiger partial charge in [0.2, 0.25) is 0 Å². The van der Waals surface area contributed by atoms with Gasteiger partial charge in [0, 0.05) is 23.4 Å². The fraction of sp³-hybridized carbons (Fsp3) is 0.913. The third kappa shape index (κ3) is 7.06. The fourth-order valence-electron chi connectivity index (χ4n) is 4.90. The molecule has 5 unspecified atom stereocenters. The summed E-state index contributed by atoms with van der Waals surface area (Å²) in [6, 6.07) is 0. The van der Waals surface area contributed by atoms with Crippen LogP contribution in [0, 0.1) is 11.8 Å². The molecule has 1 fully saturated rings. The summed E-state index contributed by atoms with van der Waals surface area (Å²) in [5, 5.41) is 13.0. The Bertz CT molecular complexity index is 509. The number of hydrogen-bond donors (Lipinski definition) is 2. The van der Waals surface area contributed by atoms with Crippen LogP contribution in [0.15, 0.2) is 0 Å². The molecule has 0 amide bonds. The lowest BCUT2D eigenvalue weighted by molar-refractivity contribution is -0.167. The number of carbonyl (C=O) groups is 2. The molecule has 5 heteroatoms. The minimum atomic E-state index is -0.958. The van der Waals surface area contributed by atoms with Crippen molar-refractivity contribution in [2.24, 2.45) is 11.8 Å². The number of nitrogens with one attached hydrogen (secondary N) is 1. The molecule has 1 aliphatic heterocycles. The Morgan fingerprint density at radius 1 is 1.11 bits per heavy atom. The summed E-state index contributed by atoms with van der Waals surface area (Å²) in [6.45, 7) is 12.8. The van der Waals surface area contributed by atoms with Crippen molar-refractivity contribution in [1.29, 1.82) is 0 Å². The number of piperidine rings is 1. The van der Waals surface area contributed by atoms with E-state index in [4.69, 9.17) is 9.84 Å². The van der Waals surface area contributed by atoms with Crippen LogP contribution in [0.3, 0.4) is 0 Å². The molecular weight excluding hydrogens is 354 g/mol. The Labute approximate surface area is 172 Å². The van der Waals surface area contributed by atoms with Gasteiger partial charge < -0.3 is 15.2 Å². The molecule has 0 aromatic carbocycles. The van der Waals surface area contributed by atoms with Crippen LogP contribution in [0.2, 0.25) is 0 Å². The van der Waals surface area contributed by atoms with Gasteiger partial charge in [-0.25, -0.2) is 0 Å². The molecule has 1 heterocycles. The first kappa shape index (κ1) is 24.9. The molecule has 0 aliphatic carbocycles. The van der Waals surface area contributed by atoms with E-state index in [1.54, 1.807) is 6.92 Å². The summed E-state index contributed by atoms with van der Waals surface area (Å²) >= 11 is 0. The highest BCUT2D eigenvalue weighted by atomic mass is 16.5. The molecule has 5 atom stereocenters. The second-order valence-electron chi connectivity index (χ2n) is 9.38. The van der Waals surface area contributed by atoms with Gasteiger partial charge in [-0.2, -0.15) is 0 Å². The van der Waals surface area contributed by atoms with Crippen LogP contribution in [0.4, 0.5) is 0 Å². The van der Waals surface area contributed by atoms with E-state index in [-0.39, 0.29) is 35.5 Å². The molecule has 0 radical (unpaired) electrons. The molecule has 0 spiro atoms. The van der Waals surface area contributed by atoms with E-state index in [1.165, 1.54) is 0 Å². The van der Waals surface area contributed by atoms with E-state index >= 15 is 0 Å². The van der Waals surface area contributed by atoms with Crippen molar-refractivity contribution in [2.45, 2.75) is 123 Å². The quantitative estimate of drug-likeness (QED) is 0.436. The van der Waals surface area contributed by atoms with E-state index in [2.05, 4.69) is 39.9 Å². The lowest BCUT2D eigenvalue weighted by Gasteiger charge is -2.54. The zero-order chi connectivity index (χ0) is 21.4. The highest BCUT2D eigenvalue weighted by Gasteiger charge is 2.50. The summed E-state index contributed by atoms with van der Waals surface area (Å²) in [5.41, 5.74) is -0.141. The maximum absolute atomic E-state index is 12.6. The summed E-state index contributed by atoms with van der Waals surface area (Å²) in [4.78, 5) is 23.6. The molecule has 1 aliphatic rings. The Balaban J connectivity index is 3.11. The van der Waals surface area contributed by atoms with Crippen LogP contribution in [-0.2, 0) is 14.3 Å². The minimum absolute atomic E-state index is 0.0657. The normalized spacial score (nSPS) is 31.4. The van der Waals surface area contributed by atoms with Crippen molar-refractivity contribution in [3.05, 3.63) is 0 Å². The van der Waals surface area contributed by atoms with Gasteiger partial charge in [0.05, 0.1) is 12.3 Å². The van der Waals surface area contributed by atoms with E-state index in [0.29, 0.717) is 0 Å². The van der Waals surface area contributed by atoms with Gasteiger partial charge in [0.15, 0.2) is 0 Å². The molecule has 5 nitrogen and oxygen atoms in total. The number of unbranched alkanes of at least 4 members (excludes halogenated alkanes) is 2. The lowest BCUT2D eigenvalue weighted by Crippen LogP contribution is -2.67. The zero-order valence-corrected chi connectivity index (χ0v) is 19.0. The first-order valence-corrected chi connectivity index (χ1v) is 11.3. The molecule has 0 aromatic rings. The number of carboxylic acids is 1. The number of hydrogen-bond acceptors (Lipinski definition) is 4. The first-order chi connectivity index (χ1) is 13.1. The summed E-state index contributed by atoms with van der Waals surface area (Å²) in [7, 11) is 0. The highest BCUT2D eigenvalue weighted by molar-refractivity contribution is 5.78. The Morgan fingerprint density at radius 3 is 2.25 bits per heavy atom. The number of carbonyl (C=O) groups excluding carboxylic acids is 1. The average molecular weight is 398 g/mol. The van der Waals surface area contributed by atoms with E-state index in [0.717, 1.165) is 57.8 Å². The van der Waals surface area contributed by atoms with Gasteiger partial charge in [0.1, 0.15) is 6.10 Å². The van der Waals surface area contributed by atoms with Gasteiger partial charge in [-0.15, -0.1) is 0 Å². The average Bonchev–Trinajstić information content (AvgIpc) is 2.61. The van der Waals surface area contributed by atoms with Crippen molar-refractivity contribution in [1.82, 2.24) is 5.32 Å². The van der Waals surface area contributed by atoms with Crippen LogP contribution in [0.1, 0.15) is 106 Å². The van der Waals surface area contributed by atoms with Crippen molar-refractivity contribution in [3.8, 4) is 0 Å². The maximum Gasteiger partial charge on any atom is 0.309 e. The second-order valence-corrected chi connectivity index (χ2v) is 9.38. The molecule has 0 saturated carbocycles. The van der Waals surface area contributed by atoms with Gasteiger partial charge >= 0.3 is 11.9 Å². The van der Waals surface area contributed by atoms with Crippen molar-refractivity contribution < 1.29 is 19.4 Å². The third-order valence-corrected chi connectivity index (χ3v) is 6.39. The minimum Gasteiger partial charge on any atom is -0.481 e. The van der Waals surface area contributed by atoms with E-state index in [9.17, 15) is 9.59 Å². The summed E-state index contributed by atoms with van der Waals surface area (Å²) < 4.78 is 6.03. The topological polar surface area (TPSA) is 75.6 Å². The van der Waals surface area contributed by atoms with Gasteiger partial charge in [-0.05, 0) is 33.1 Å². The molecule has 2 N–H and O–H groups in total. The fourth-order valence-corrected chi connectivity index (χ4v) is 4.90. The Morgan fingerprint density at radius 2 is 1.71 bits per heavy atom. The lowest BCUT2D eigenvalue weighted by atomic mass is 9.66. The van der Waals surface area contributed by atoms with Crippen LogP contribution in [-0.4, -0.2) is 34.2 Å². The summed E-state index contributed by atoms with van der Waals surface area (Å²) in [6.07, 6.45) is 9.19. The zero-order valence-electron chi connectivity index (χ0n) is 19.0. The van der Waals surface area contributed by atoms with Crippen LogP contribution in [0.5, 0.6) is 0 Å². The highest BCUT2D eigenvalue weighted by Crippen LogP contribution is 2.43. The third-order valence-electron chi connectivity index (χ3n) is 6.39. The SMILES string of the molecule is CCCCC1(C)CC(OC(=O)C(C)CC(=O)O)C(CCC)C(C)(CCCC)N1. The standard InChI is InChI=1S/C23H43NO4/c1-7-10-13-22(5)16-19(28-21(27)17(4)15-20(25)26)18(12-9-3)23(6,24-22)14-11-8-2/h17-19,24H,7-16H2,1-6H3,(H,25,26). The smallest absolute Gasteiger partial charge is 0.309 e. The van der Waals surface area contributed by atoms with Crippen molar-refractivity contribution in [2.75, 3.05) is 0 Å². The van der Waals surface area contributed by atoms with Crippen LogP contribution < -0.4 is 5.32 Å². The first-order valence-electron chi connectivity index (χ1n) is 11.3. The van der Waals surface area contributed by atoms with Crippen molar-refractivity contribution in [3.63, 3.8) is 0 Å².